The third-order valence-electron chi connectivity index (χ3n) is 5.75. The van der Waals surface area contributed by atoms with Gasteiger partial charge in [0.2, 0.25) is 11.7 Å². The minimum atomic E-state index is -4.64. The number of rotatable bonds is 6. The topological polar surface area (TPSA) is 127 Å². The van der Waals surface area contributed by atoms with Crippen LogP contribution in [0.25, 0.3) is 0 Å². The number of aryl methyl sites for hydroxylation is 1. The van der Waals surface area contributed by atoms with Gasteiger partial charge in [0, 0.05) is 30.5 Å². The summed E-state index contributed by atoms with van der Waals surface area (Å²) in [4.78, 5) is 33.6. The number of alkyl halides is 3. The summed E-state index contributed by atoms with van der Waals surface area (Å²) in [7, 11) is 0. The van der Waals surface area contributed by atoms with E-state index >= 15 is 0 Å². The number of nitrogen functional groups attached to an aromatic ring is 1. The first-order chi connectivity index (χ1) is 15.6. The fraction of sp³-hybridized carbons (Fsp3) is 0.524. The molecule has 0 saturated carbocycles. The predicted octanol–water partition coefficient (Wildman–Crippen LogP) is 2.17. The number of carbonyl (C=O) groups excluding carboxylic acids is 2. The molecule has 1 atom stereocenters. The van der Waals surface area contributed by atoms with Crippen LogP contribution >= 0.6 is 0 Å². The molecule has 178 valence electrons. The Morgan fingerprint density at radius 3 is 2.55 bits per heavy atom. The van der Waals surface area contributed by atoms with Crippen molar-refractivity contribution in [2.45, 2.75) is 51.7 Å². The van der Waals surface area contributed by atoms with Crippen LogP contribution in [0, 0.1) is 12.8 Å². The van der Waals surface area contributed by atoms with Crippen molar-refractivity contribution in [2.75, 3.05) is 18.8 Å². The van der Waals surface area contributed by atoms with E-state index in [1.165, 1.54) is 19.2 Å². The first-order valence-corrected chi connectivity index (χ1v) is 10.6. The summed E-state index contributed by atoms with van der Waals surface area (Å²) >= 11 is 0. The zero-order valence-corrected chi connectivity index (χ0v) is 18.4. The van der Waals surface area contributed by atoms with Gasteiger partial charge in [-0.15, -0.1) is 5.10 Å². The molecule has 33 heavy (non-hydrogen) atoms. The third-order valence-corrected chi connectivity index (χ3v) is 5.75. The van der Waals surface area contributed by atoms with Gasteiger partial charge in [-0.25, -0.2) is 9.97 Å². The Bertz CT molecular complexity index is 970. The summed E-state index contributed by atoms with van der Waals surface area (Å²) < 4.78 is 38.5. The molecule has 2 aromatic rings. The number of piperidine rings is 1. The van der Waals surface area contributed by atoms with Crippen molar-refractivity contribution >= 4 is 17.6 Å². The molecule has 9 nitrogen and oxygen atoms in total. The van der Waals surface area contributed by atoms with Gasteiger partial charge in [-0.2, -0.15) is 18.3 Å². The molecular weight excluding hydrogens is 439 g/mol. The quantitative estimate of drug-likeness (QED) is 0.669. The number of nitrogens with two attached hydrogens (primary N) is 1. The standard InChI is InChI=1S/C21H26F3N7O2/c1-12-15(17(25)29-20(28-12)21(22,23)24)6-5-14-7-10-31(11-8-14)19(33)13(2)27-18(32)16-4-3-9-26-30-16/h3-4,9,13-14H,5-8,10-11H2,1-2H3,(H,27,32)(H2,25,28,29)/t13-/m0/s1. The van der Waals surface area contributed by atoms with Crippen molar-refractivity contribution in [3.63, 3.8) is 0 Å². The summed E-state index contributed by atoms with van der Waals surface area (Å²) in [6.07, 6.45) is -0.509. The highest BCUT2D eigenvalue weighted by Gasteiger charge is 2.36. The molecule has 1 saturated heterocycles. The van der Waals surface area contributed by atoms with Crippen molar-refractivity contribution in [3.05, 3.63) is 41.1 Å². The number of amides is 2. The van der Waals surface area contributed by atoms with Gasteiger partial charge in [0.25, 0.3) is 5.91 Å². The second-order valence-corrected chi connectivity index (χ2v) is 8.11. The van der Waals surface area contributed by atoms with Crippen molar-refractivity contribution in [2.24, 2.45) is 5.92 Å². The molecule has 0 spiro atoms. The first-order valence-electron chi connectivity index (χ1n) is 10.6. The second-order valence-electron chi connectivity index (χ2n) is 8.11. The zero-order valence-electron chi connectivity index (χ0n) is 18.4. The van der Waals surface area contributed by atoms with E-state index in [0.717, 1.165) is 12.8 Å². The Hall–Kier alpha value is -3.31. The highest BCUT2D eigenvalue weighted by atomic mass is 19.4. The molecule has 1 aliphatic rings. The molecule has 2 aromatic heterocycles. The van der Waals surface area contributed by atoms with Gasteiger partial charge in [0.05, 0.1) is 0 Å². The van der Waals surface area contributed by atoms with Crippen LogP contribution in [0.15, 0.2) is 18.3 Å². The van der Waals surface area contributed by atoms with Crippen molar-refractivity contribution in [1.82, 2.24) is 30.4 Å². The Morgan fingerprint density at radius 2 is 1.97 bits per heavy atom. The Morgan fingerprint density at radius 1 is 1.27 bits per heavy atom. The monoisotopic (exact) mass is 465 g/mol. The Labute approximate surface area is 189 Å². The molecule has 1 aliphatic heterocycles. The van der Waals surface area contributed by atoms with Crippen LogP contribution in [-0.2, 0) is 17.4 Å². The lowest BCUT2D eigenvalue weighted by atomic mass is 9.90. The van der Waals surface area contributed by atoms with Crippen molar-refractivity contribution in [3.8, 4) is 0 Å². The average molecular weight is 465 g/mol. The lowest BCUT2D eigenvalue weighted by Crippen LogP contribution is -2.49. The number of halogens is 3. The minimum absolute atomic E-state index is 0.137. The van der Waals surface area contributed by atoms with Gasteiger partial charge in [0.15, 0.2) is 5.69 Å². The number of likely N-dealkylation sites (tertiary alicyclic amines) is 1. The average Bonchev–Trinajstić information content (AvgIpc) is 2.78. The molecule has 2 amide bonds. The third kappa shape index (κ3) is 6.14. The molecule has 0 unspecified atom stereocenters. The van der Waals surface area contributed by atoms with Crippen LogP contribution in [0.3, 0.4) is 0 Å². The summed E-state index contributed by atoms with van der Waals surface area (Å²) in [5.41, 5.74) is 6.66. The zero-order chi connectivity index (χ0) is 24.2. The lowest BCUT2D eigenvalue weighted by Gasteiger charge is -2.33. The van der Waals surface area contributed by atoms with E-state index in [-0.39, 0.29) is 23.1 Å². The van der Waals surface area contributed by atoms with E-state index < -0.39 is 23.9 Å². The molecule has 3 heterocycles. The Kier molecular flexibility index (Phi) is 7.44. The van der Waals surface area contributed by atoms with E-state index in [4.69, 9.17) is 5.73 Å². The van der Waals surface area contributed by atoms with E-state index in [1.54, 1.807) is 17.9 Å². The van der Waals surface area contributed by atoms with Gasteiger partial charge in [-0.1, -0.05) is 0 Å². The molecule has 0 aliphatic carbocycles. The molecule has 1 fully saturated rings. The fourth-order valence-electron chi connectivity index (χ4n) is 3.87. The van der Waals surface area contributed by atoms with Crippen molar-refractivity contribution in [1.29, 1.82) is 0 Å². The van der Waals surface area contributed by atoms with Crippen LogP contribution in [-0.4, -0.2) is 56.0 Å². The van der Waals surface area contributed by atoms with E-state index in [2.05, 4.69) is 25.5 Å². The van der Waals surface area contributed by atoms with Crippen LogP contribution in [0.5, 0.6) is 0 Å². The van der Waals surface area contributed by atoms with Crippen molar-refractivity contribution < 1.29 is 22.8 Å². The highest BCUT2D eigenvalue weighted by Crippen LogP contribution is 2.30. The molecule has 3 N–H and O–H groups in total. The summed E-state index contributed by atoms with van der Waals surface area (Å²) in [6.45, 7) is 4.19. The molecule has 0 aromatic carbocycles. The number of nitrogens with one attached hydrogen (secondary N) is 1. The van der Waals surface area contributed by atoms with Crippen LogP contribution in [0.1, 0.15) is 53.8 Å². The SMILES string of the molecule is Cc1nc(C(F)(F)F)nc(N)c1CCC1CCN(C(=O)[C@H](C)NC(=O)c2cccnn2)CC1. The van der Waals surface area contributed by atoms with Crippen LogP contribution in [0.4, 0.5) is 19.0 Å². The van der Waals surface area contributed by atoms with Gasteiger partial charge < -0.3 is 16.0 Å². The first kappa shape index (κ1) is 24.3. The molecule has 0 bridgehead atoms. The Balaban J connectivity index is 1.49. The number of nitrogens with zero attached hydrogens (tertiary/aromatic N) is 5. The maximum Gasteiger partial charge on any atom is 0.451 e. The predicted molar refractivity (Wildman–Crippen MR) is 113 cm³/mol. The van der Waals surface area contributed by atoms with Gasteiger partial charge in [-0.3, -0.25) is 9.59 Å². The summed E-state index contributed by atoms with van der Waals surface area (Å²) in [5, 5.41) is 10.0. The summed E-state index contributed by atoms with van der Waals surface area (Å²) in [5.74, 6) is -1.73. The van der Waals surface area contributed by atoms with E-state index in [9.17, 15) is 22.8 Å². The summed E-state index contributed by atoms with van der Waals surface area (Å²) in [6, 6.07) is 2.40. The molecule has 0 radical (unpaired) electrons. The van der Waals surface area contributed by atoms with Crippen LogP contribution < -0.4 is 11.1 Å². The molecule has 12 heteroatoms. The van der Waals surface area contributed by atoms with E-state index in [1.807, 2.05) is 0 Å². The fourth-order valence-corrected chi connectivity index (χ4v) is 3.87. The number of hydrogen-bond donors (Lipinski definition) is 2. The van der Waals surface area contributed by atoms with Gasteiger partial charge in [-0.05, 0) is 57.6 Å². The second kappa shape index (κ2) is 10.1. The highest BCUT2D eigenvalue weighted by molar-refractivity contribution is 5.95. The number of carbonyl (C=O) groups is 2. The van der Waals surface area contributed by atoms with Gasteiger partial charge >= 0.3 is 6.18 Å². The maximum atomic E-state index is 12.8. The normalized spacial score (nSPS) is 15.8. The number of hydrogen-bond acceptors (Lipinski definition) is 7. The van der Waals surface area contributed by atoms with Gasteiger partial charge in [0.1, 0.15) is 11.9 Å². The van der Waals surface area contributed by atoms with Crippen LogP contribution in [0.2, 0.25) is 0 Å². The molecule has 3 rings (SSSR count). The smallest absolute Gasteiger partial charge is 0.383 e. The van der Waals surface area contributed by atoms with E-state index in [0.29, 0.717) is 37.4 Å². The number of aromatic nitrogens is 4. The largest absolute Gasteiger partial charge is 0.451 e. The minimum Gasteiger partial charge on any atom is -0.383 e. The lowest BCUT2D eigenvalue weighted by molar-refractivity contribution is -0.145. The number of anilines is 1. The maximum absolute atomic E-state index is 12.8. The molecular formula is C21H26F3N7O2.